The summed E-state index contributed by atoms with van der Waals surface area (Å²) in [5, 5.41) is 4.59. The molecule has 0 saturated heterocycles. The Morgan fingerprint density at radius 3 is 1.58 bits per heavy atom. The first-order valence-corrected chi connectivity index (χ1v) is 10.1. The van der Waals surface area contributed by atoms with E-state index in [1.807, 2.05) is 13.8 Å². The summed E-state index contributed by atoms with van der Waals surface area (Å²) in [4.78, 5) is 29.6. The normalized spacial score (nSPS) is 11.3. The number of nitrogens with zero attached hydrogens (tertiary/aromatic N) is 2. The molecule has 2 aromatic rings. The number of hydrogen-bond donors (Lipinski definition) is 2. The van der Waals surface area contributed by atoms with Crippen LogP contribution in [0.15, 0.2) is 24.3 Å². The molecular formula is C22H27F5N4O2. The van der Waals surface area contributed by atoms with Crippen molar-refractivity contribution in [3.63, 3.8) is 0 Å². The number of carbonyl (C=O) groups is 2. The highest BCUT2D eigenvalue weighted by atomic mass is 19.4. The Hall–Kier alpha value is -3.11. The summed E-state index contributed by atoms with van der Waals surface area (Å²) in [6, 6.07) is 5.58. The molecule has 0 saturated carbocycles. The number of carbonyl (C=O) groups excluding carboxylic acids is 2. The first kappa shape index (κ1) is 27.9. The zero-order chi connectivity index (χ0) is 25.5. The Balaban J connectivity index is 0.000000331. The minimum absolute atomic E-state index is 0.0159. The van der Waals surface area contributed by atoms with Crippen molar-refractivity contribution in [3.05, 3.63) is 58.2 Å². The molecule has 2 heterocycles. The van der Waals surface area contributed by atoms with E-state index in [0.717, 1.165) is 0 Å². The molecule has 0 aliphatic heterocycles. The van der Waals surface area contributed by atoms with Crippen LogP contribution >= 0.6 is 0 Å². The Morgan fingerprint density at radius 1 is 0.788 bits per heavy atom. The molecule has 6 nitrogen and oxygen atoms in total. The highest BCUT2D eigenvalue weighted by Crippen LogP contribution is 2.33. The van der Waals surface area contributed by atoms with E-state index in [1.54, 1.807) is 13.8 Å². The van der Waals surface area contributed by atoms with Gasteiger partial charge >= 0.3 is 6.18 Å². The quantitative estimate of drug-likeness (QED) is 0.592. The van der Waals surface area contributed by atoms with Crippen LogP contribution < -0.4 is 10.6 Å². The minimum Gasteiger partial charge on any atom is -0.354 e. The molecule has 0 aliphatic rings. The molecule has 0 atom stereocenters. The monoisotopic (exact) mass is 474 g/mol. The molecule has 2 aromatic heterocycles. The average molecular weight is 474 g/mol. The van der Waals surface area contributed by atoms with Crippen molar-refractivity contribution in [1.29, 1.82) is 0 Å². The van der Waals surface area contributed by atoms with Crippen LogP contribution in [0.25, 0.3) is 0 Å². The number of aromatic nitrogens is 2. The summed E-state index contributed by atoms with van der Waals surface area (Å²) in [5.74, 6) is -1.45. The van der Waals surface area contributed by atoms with E-state index in [0.29, 0.717) is 5.56 Å². The summed E-state index contributed by atoms with van der Waals surface area (Å²) in [5.41, 5.74) is -0.955. The Labute approximate surface area is 189 Å². The Morgan fingerprint density at radius 2 is 1.21 bits per heavy atom. The number of halogens is 5. The van der Waals surface area contributed by atoms with Crippen LogP contribution in [0.3, 0.4) is 0 Å². The highest BCUT2D eigenvalue weighted by Gasteiger charge is 2.36. The second-order valence-electron chi connectivity index (χ2n) is 7.57. The fourth-order valence-electron chi connectivity index (χ4n) is 2.82. The molecule has 2 N–H and O–H groups in total. The van der Waals surface area contributed by atoms with Crippen molar-refractivity contribution < 1.29 is 31.5 Å². The van der Waals surface area contributed by atoms with Crippen molar-refractivity contribution in [1.82, 2.24) is 20.6 Å². The number of nitrogens with one attached hydrogen (secondary N) is 2. The fourth-order valence-corrected chi connectivity index (χ4v) is 2.82. The molecule has 182 valence electrons. The lowest BCUT2D eigenvalue weighted by Crippen LogP contribution is -2.22. The van der Waals surface area contributed by atoms with Crippen molar-refractivity contribution in [2.75, 3.05) is 14.1 Å². The van der Waals surface area contributed by atoms with Gasteiger partial charge < -0.3 is 10.6 Å². The number of hydrogen-bond acceptors (Lipinski definition) is 4. The third-order valence-electron chi connectivity index (χ3n) is 4.52. The maximum Gasteiger partial charge on any atom is 0.433 e. The van der Waals surface area contributed by atoms with Gasteiger partial charge in [-0.1, -0.05) is 39.8 Å². The molecule has 33 heavy (non-hydrogen) atoms. The standard InChI is InChI=1S/C11H13F3N2O.C11H14F2N2O/c1-6(2)7-4-5-8(10(17)15-3)16-9(7)11(12,13)14;1-6(2)7-4-5-8(11(16)14-3)15-9(7)10(12)13/h4-6H,1-3H3,(H,15,17);4-6,10H,1-3H3,(H,14,16). The third-order valence-corrected chi connectivity index (χ3v) is 4.52. The predicted octanol–water partition coefficient (Wildman–Crippen LogP) is 5.09. The first-order chi connectivity index (χ1) is 15.2. The van der Waals surface area contributed by atoms with Crippen LogP contribution in [0.5, 0.6) is 0 Å². The summed E-state index contributed by atoms with van der Waals surface area (Å²) < 4.78 is 63.8. The van der Waals surface area contributed by atoms with Crippen molar-refractivity contribution in [2.24, 2.45) is 0 Å². The van der Waals surface area contributed by atoms with Crippen LogP contribution in [0.2, 0.25) is 0 Å². The van der Waals surface area contributed by atoms with E-state index >= 15 is 0 Å². The van der Waals surface area contributed by atoms with E-state index in [4.69, 9.17) is 0 Å². The van der Waals surface area contributed by atoms with Gasteiger partial charge in [-0.3, -0.25) is 9.59 Å². The van der Waals surface area contributed by atoms with E-state index in [1.165, 1.54) is 38.4 Å². The van der Waals surface area contributed by atoms with Gasteiger partial charge in [0.2, 0.25) is 0 Å². The number of alkyl halides is 5. The molecule has 0 radical (unpaired) electrons. The third kappa shape index (κ3) is 7.47. The van der Waals surface area contributed by atoms with Crippen LogP contribution in [0.1, 0.15) is 89.4 Å². The van der Waals surface area contributed by atoms with Gasteiger partial charge in [0.15, 0.2) is 0 Å². The smallest absolute Gasteiger partial charge is 0.354 e. The molecule has 2 rings (SSSR count). The van der Waals surface area contributed by atoms with Crippen LogP contribution in [0.4, 0.5) is 22.0 Å². The zero-order valence-corrected chi connectivity index (χ0v) is 19.1. The molecule has 0 fully saturated rings. The summed E-state index contributed by atoms with van der Waals surface area (Å²) in [6.45, 7) is 6.91. The lowest BCUT2D eigenvalue weighted by molar-refractivity contribution is -0.142. The lowest BCUT2D eigenvalue weighted by Gasteiger charge is -2.15. The molecule has 0 unspecified atom stereocenters. The molecular weight excluding hydrogens is 447 g/mol. The largest absolute Gasteiger partial charge is 0.433 e. The SMILES string of the molecule is CNC(=O)c1ccc(C(C)C)c(C(F)(F)F)n1.CNC(=O)c1ccc(C(C)C)c(C(F)F)n1. The van der Waals surface area contributed by atoms with Gasteiger partial charge in [0, 0.05) is 14.1 Å². The summed E-state index contributed by atoms with van der Waals surface area (Å²) >= 11 is 0. The molecule has 0 spiro atoms. The second kappa shape index (κ2) is 11.7. The van der Waals surface area contributed by atoms with E-state index < -0.39 is 30.1 Å². The van der Waals surface area contributed by atoms with E-state index in [9.17, 15) is 31.5 Å². The van der Waals surface area contributed by atoms with Crippen LogP contribution in [0, 0.1) is 0 Å². The fraction of sp³-hybridized carbons (Fsp3) is 0.455. The van der Waals surface area contributed by atoms with Gasteiger partial charge in [0.1, 0.15) is 22.8 Å². The second-order valence-corrected chi connectivity index (χ2v) is 7.57. The van der Waals surface area contributed by atoms with Crippen molar-refractivity contribution >= 4 is 11.8 Å². The number of amides is 2. The first-order valence-electron chi connectivity index (χ1n) is 10.1. The number of rotatable bonds is 5. The lowest BCUT2D eigenvalue weighted by atomic mass is 10.0. The number of pyridine rings is 2. The van der Waals surface area contributed by atoms with E-state index in [-0.39, 0.29) is 34.5 Å². The minimum atomic E-state index is -4.55. The van der Waals surface area contributed by atoms with Crippen molar-refractivity contribution in [2.45, 2.75) is 52.1 Å². The van der Waals surface area contributed by atoms with Crippen LogP contribution in [-0.4, -0.2) is 35.9 Å². The summed E-state index contributed by atoms with van der Waals surface area (Å²) in [6.07, 6.45) is -7.22. The van der Waals surface area contributed by atoms with Gasteiger partial charge in [0.05, 0.1) is 0 Å². The van der Waals surface area contributed by atoms with Gasteiger partial charge in [-0.15, -0.1) is 0 Å². The summed E-state index contributed by atoms with van der Waals surface area (Å²) in [7, 11) is 2.77. The van der Waals surface area contributed by atoms with Gasteiger partial charge in [-0.25, -0.2) is 18.7 Å². The molecule has 0 bridgehead atoms. The Bertz CT molecular complexity index is 976. The van der Waals surface area contributed by atoms with Gasteiger partial charge in [0.25, 0.3) is 18.2 Å². The molecule has 11 heteroatoms. The topological polar surface area (TPSA) is 84.0 Å². The predicted molar refractivity (Wildman–Crippen MR) is 113 cm³/mol. The molecule has 2 amide bonds. The Kier molecular flexibility index (Phi) is 9.87. The van der Waals surface area contributed by atoms with Gasteiger partial charge in [-0.05, 0) is 35.1 Å². The highest BCUT2D eigenvalue weighted by molar-refractivity contribution is 5.92. The van der Waals surface area contributed by atoms with E-state index in [2.05, 4.69) is 20.6 Å². The van der Waals surface area contributed by atoms with Gasteiger partial charge in [-0.2, -0.15) is 13.2 Å². The van der Waals surface area contributed by atoms with Crippen molar-refractivity contribution in [3.8, 4) is 0 Å². The molecule has 0 aromatic carbocycles. The maximum atomic E-state index is 12.8. The van der Waals surface area contributed by atoms with Crippen LogP contribution in [-0.2, 0) is 6.18 Å². The molecule has 0 aliphatic carbocycles. The maximum absolute atomic E-state index is 12.8. The average Bonchev–Trinajstić information content (AvgIpc) is 2.76. The zero-order valence-electron chi connectivity index (χ0n) is 19.1.